The van der Waals surface area contributed by atoms with Gasteiger partial charge in [0.25, 0.3) is 5.91 Å². The predicted molar refractivity (Wildman–Crippen MR) is 81.5 cm³/mol. The molecule has 1 N–H and O–H groups in total. The molecule has 1 amide bonds. The first-order valence-electron chi connectivity index (χ1n) is 7.14. The lowest BCUT2D eigenvalue weighted by molar-refractivity contribution is 0.0676. The van der Waals surface area contributed by atoms with Gasteiger partial charge in [-0.1, -0.05) is 6.07 Å². The molecule has 0 aliphatic heterocycles. The van der Waals surface area contributed by atoms with E-state index in [0.717, 1.165) is 10.6 Å². The zero-order valence-corrected chi connectivity index (χ0v) is 12.9. The first-order valence-corrected chi connectivity index (χ1v) is 8.02. The van der Waals surface area contributed by atoms with E-state index in [0.29, 0.717) is 31.3 Å². The van der Waals surface area contributed by atoms with Gasteiger partial charge in [-0.25, -0.2) is 0 Å². The fraction of sp³-hybridized carbons (Fsp3) is 0.467. The van der Waals surface area contributed by atoms with Crippen LogP contribution in [0, 0.1) is 0 Å². The van der Waals surface area contributed by atoms with Gasteiger partial charge in [-0.15, -0.1) is 11.3 Å². The van der Waals surface area contributed by atoms with E-state index in [1.54, 1.807) is 23.3 Å². The summed E-state index contributed by atoms with van der Waals surface area (Å²) in [5.41, 5.74) is 1.59. The number of methoxy groups -OCH3 is 1. The maximum Gasteiger partial charge on any atom is 0.274 e. The van der Waals surface area contributed by atoms with Crippen LogP contribution in [0.2, 0.25) is 0 Å². The highest BCUT2D eigenvalue weighted by Crippen LogP contribution is 2.39. The van der Waals surface area contributed by atoms with Crippen LogP contribution in [-0.4, -0.2) is 41.3 Å². The second-order valence-electron chi connectivity index (χ2n) is 5.28. The van der Waals surface area contributed by atoms with Crippen LogP contribution in [0.5, 0.6) is 0 Å². The molecule has 1 saturated carbocycles. The van der Waals surface area contributed by atoms with Crippen molar-refractivity contribution in [2.45, 2.75) is 25.3 Å². The van der Waals surface area contributed by atoms with Crippen molar-refractivity contribution in [3.8, 4) is 0 Å². The van der Waals surface area contributed by atoms with Crippen molar-refractivity contribution >= 4 is 17.2 Å². The second-order valence-corrected chi connectivity index (χ2v) is 6.31. The topological polar surface area (TPSA) is 58.2 Å². The van der Waals surface area contributed by atoms with Crippen molar-refractivity contribution in [1.82, 2.24) is 15.1 Å². The Morgan fingerprint density at radius 2 is 2.43 bits per heavy atom. The third-order valence-electron chi connectivity index (χ3n) is 3.61. The van der Waals surface area contributed by atoms with Gasteiger partial charge < -0.3 is 9.64 Å². The highest BCUT2D eigenvalue weighted by atomic mass is 32.1. The van der Waals surface area contributed by atoms with Crippen molar-refractivity contribution in [3.05, 3.63) is 39.8 Å². The van der Waals surface area contributed by atoms with E-state index in [9.17, 15) is 4.79 Å². The molecular weight excluding hydrogens is 286 g/mol. The lowest BCUT2D eigenvalue weighted by Gasteiger charge is -2.20. The van der Waals surface area contributed by atoms with Gasteiger partial charge >= 0.3 is 0 Å². The van der Waals surface area contributed by atoms with Gasteiger partial charge in [-0.05, 0) is 30.4 Å². The van der Waals surface area contributed by atoms with E-state index >= 15 is 0 Å². The number of nitrogens with zero attached hydrogens (tertiary/aromatic N) is 2. The average molecular weight is 305 g/mol. The molecule has 0 radical (unpaired) electrons. The molecule has 0 saturated heterocycles. The number of carbonyl (C=O) groups is 1. The van der Waals surface area contributed by atoms with Crippen LogP contribution in [0.15, 0.2) is 23.6 Å². The van der Waals surface area contributed by atoms with Gasteiger partial charge in [0.2, 0.25) is 0 Å². The van der Waals surface area contributed by atoms with E-state index in [2.05, 4.69) is 10.2 Å². The van der Waals surface area contributed by atoms with Crippen LogP contribution in [0.3, 0.4) is 0 Å². The molecule has 3 rings (SSSR count). The molecule has 0 aromatic carbocycles. The van der Waals surface area contributed by atoms with Gasteiger partial charge in [0.1, 0.15) is 5.69 Å². The minimum atomic E-state index is -0.0383. The molecule has 1 aliphatic carbocycles. The number of carbonyl (C=O) groups excluding carboxylic acids is 1. The Labute approximate surface area is 127 Å². The summed E-state index contributed by atoms with van der Waals surface area (Å²) in [4.78, 5) is 15.6. The van der Waals surface area contributed by atoms with Gasteiger partial charge in [-0.3, -0.25) is 9.89 Å². The Hall–Kier alpha value is -1.66. The van der Waals surface area contributed by atoms with Gasteiger partial charge in [-0.2, -0.15) is 5.10 Å². The summed E-state index contributed by atoms with van der Waals surface area (Å²) >= 11 is 1.65. The summed E-state index contributed by atoms with van der Waals surface area (Å²) in [6, 6.07) is 5.94. The number of hydrogen-bond donors (Lipinski definition) is 1. The minimum absolute atomic E-state index is 0.0383. The molecule has 0 bridgehead atoms. The first-order chi connectivity index (χ1) is 10.3. The number of amides is 1. The summed E-state index contributed by atoms with van der Waals surface area (Å²) in [5.74, 6) is 0.535. The molecule has 5 nitrogen and oxygen atoms in total. The van der Waals surface area contributed by atoms with Crippen molar-refractivity contribution in [3.63, 3.8) is 0 Å². The Morgan fingerprint density at radius 3 is 3.10 bits per heavy atom. The van der Waals surface area contributed by atoms with Crippen molar-refractivity contribution in [1.29, 1.82) is 0 Å². The first kappa shape index (κ1) is 14.3. The molecule has 21 heavy (non-hydrogen) atoms. The molecule has 1 fully saturated rings. The van der Waals surface area contributed by atoms with E-state index < -0.39 is 0 Å². The standard InChI is InChI=1S/C15H19N3O2S/c1-20-7-6-18(10-12-3-2-8-21-12)15(19)14-9-13(16-17-14)11-4-5-11/h2-3,8-9,11H,4-7,10H2,1H3,(H,16,17). The smallest absolute Gasteiger partial charge is 0.274 e. The van der Waals surface area contributed by atoms with E-state index in [-0.39, 0.29) is 5.91 Å². The van der Waals surface area contributed by atoms with E-state index in [4.69, 9.17) is 4.74 Å². The van der Waals surface area contributed by atoms with Crippen LogP contribution in [0.4, 0.5) is 0 Å². The second kappa shape index (κ2) is 6.41. The largest absolute Gasteiger partial charge is 0.383 e. The Kier molecular flexibility index (Phi) is 4.36. The summed E-state index contributed by atoms with van der Waals surface area (Å²) < 4.78 is 5.11. The molecule has 6 heteroatoms. The third kappa shape index (κ3) is 3.51. The lowest BCUT2D eigenvalue weighted by atomic mass is 10.2. The van der Waals surface area contributed by atoms with Crippen LogP contribution < -0.4 is 0 Å². The van der Waals surface area contributed by atoms with Crippen molar-refractivity contribution in [2.75, 3.05) is 20.3 Å². The van der Waals surface area contributed by atoms with Crippen LogP contribution in [0.25, 0.3) is 0 Å². The maximum atomic E-state index is 12.6. The molecule has 112 valence electrons. The Balaban J connectivity index is 1.71. The van der Waals surface area contributed by atoms with Crippen LogP contribution >= 0.6 is 11.3 Å². The zero-order valence-electron chi connectivity index (χ0n) is 12.0. The normalized spacial score (nSPS) is 14.3. The highest BCUT2D eigenvalue weighted by Gasteiger charge is 2.27. The van der Waals surface area contributed by atoms with Gasteiger partial charge in [0.05, 0.1) is 13.2 Å². The van der Waals surface area contributed by atoms with E-state index in [1.807, 2.05) is 23.6 Å². The monoisotopic (exact) mass is 305 g/mol. The third-order valence-corrected chi connectivity index (χ3v) is 4.47. The number of ether oxygens (including phenoxy) is 1. The van der Waals surface area contributed by atoms with Gasteiger partial charge in [0, 0.05) is 30.1 Å². The quantitative estimate of drug-likeness (QED) is 0.855. The highest BCUT2D eigenvalue weighted by molar-refractivity contribution is 7.09. The van der Waals surface area contributed by atoms with Gasteiger partial charge in [0.15, 0.2) is 0 Å². The Morgan fingerprint density at radius 1 is 1.57 bits per heavy atom. The summed E-state index contributed by atoms with van der Waals surface area (Å²) in [7, 11) is 1.65. The molecule has 0 spiro atoms. The summed E-state index contributed by atoms with van der Waals surface area (Å²) in [6.07, 6.45) is 2.39. The molecule has 1 aliphatic rings. The summed E-state index contributed by atoms with van der Waals surface area (Å²) in [6.45, 7) is 1.70. The number of aromatic nitrogens is 2. The molecule has 2 aromatic rings. The zero-order chi connectivity index (χ0) is 14.7. The number of thiophene rings is 1. The number of aromatic amines is 1. The fourth-order valence-electron chi connectivity index (χ4n) is 2.26. The molecule has 2 aromatic heterocycles. The SMILES string of the molecule is COCCN(Cc1cccs1)C(=O)c1cc(C2CC2)[nH]n1. The van der Waals surface area contributed by atoms with E-state index in [1.165, 1.54) is 12.8 Å². The minimum Gasteiger partial charge on any atom is -0.383 e. The lowest BCUT2D eigenvalue weighted by Crippen LogP contribution is -2.33. The van der Waals surface area contributed by atoms with Crippen LogP contribution in [0.1, 0.15) is 39.8 Å². The number of nitrogens with one attached hydrogen (secondary N) is 1. The molecule has 0 unspecified atom stereocenters. The molecule has 0 atom stereocenters. The average Bonchev–Trinajstić information content (AvgIpc) is 3.03. The number of hydrogen-bond acceptors (Lipinski definition) is 4. The number of rotatable bonds is 7. The van der Waals surface area contributed by atoms with Crippen molar-refractivity contribution < 1.29 is 9.53 Å². The van der Waals surface area contributed by atoms with Crippen LogP contribution in [-0.2, 0) is 11.3 Å². The fourth-order valence-corrected chi connectivity index (χ4v) is 2.98. The number of H-pyrrole nitrogens is 1. The predicted octanol–water partition coefficient (Wildman–Crippen LogP) is 2.64. The maximum absolute atomic E-state index is 12.6. The molecular formula is C15H19N3O2S. The summed E-state index contributed by atoms with van der Waals surface area (Å²) in [5, 5.41) is 9.20. The molecule has 2 heterocycles. The Bertz CT molecular complexity index is 590. The van der Waals surface area contributed by atoms with Crippen molar-refractivity contribution in [2.24, 2.45) is 0 Å².